The Hall–Kier alpha value is -2.80. The van der Waals surface area contributed by atoms with Crippen molar-refractivity contribution in [3.63, 3.8) is 0 Å². The Bertz CT molecular complexity index is 761. The third kappa shape index (κ3) is 5.65. The summed E-state index contributed by atoms with van der Waals surface area (Å²) in [5, 5.41) is 0. The van der Waals surface area contributed by atoms with E-state index in [1.807, 2.05) is 12.3 Å². The van der Waals surface area contributed by atoms with E-state index in [4.69, 9.17) is 4.74 Å². The fourth-order valence-electron chi connectivity index (χ4n) is 2.83. The summed E-state index contributed by atoms with van der Waals surface area (Å²) >= 11 is 0. The topological polar surface area (TPSA) is 9.23 Å². The Labute approximate surface area is 150 Å². The summed E-state index contributed by atoms with van der Waals surface area (Å²) in [4.78, 5) is 0. The lowest BCUT2D eigenvalue weighted by Crippen LogP contribution is -1.96. The molecule has 0 bridgehead atoms. The van der Waals surface area contributed by atoms with Gasteiger partial charge >= 0.3 is 0 Å². The molecule has 126 valence electrons. The average Bonchev–Trinajstić information content (AvgIpc) is 2.70. The maximum absolute atomic E-state index is 5.88. The van der Waals surface area contributed by atoms with E-state index in [-0.39, 0.29) is 0 Å². The van der Waals surface area contributed by atoms with Crippen LogP contribution in [0.25, 0.3) is 5.57 Å². The molecule has 0 aromatic heterocycles. The number of hydrogen-bond donors (Lipinski definition) is 0. The molecule has 0 N–H and O–H groups in total. The normalized spacial score (nSPS) is 11.3. The van der Waals surface area contributed by atoms with Gasteiger partial charge in [0, 0.05) is 6.42 Å². The zero-order valence-corrected chi connectivity index (χ0v) is 14.5. The summed E-state index contributed by atoms with van der Waals surface area (Å²) in [5.41, 5.74) is 5.14. The maximum Gasteiger partial charge on any atom is 0.0913 e. The van der Waals surface area contributed by atoms with Crippen LogP contribution < -0.4 is 0 Å². The van der Waals surface area contributed by atoms with Crippen LogP contribution in [0.4, 0.5) is 0 Å². The van der Waals surface area contributed by atoms with E-state index in [1.54, 1.807) is 0 Å². The van der Waals surface area contributed by atoms with Crippen LogP contribution in [-0.4, -0.2) is 6.61 Å². The highest BCUT2D eigenvalue weighted by atomic mass is 16.5. The number of aryl methyl sites for hydroxylation is 1. The van der Waals surface area contributed by atoms with Gasteiger partial charge in [0.2, 0.25) is 0 Å². The third-order valence-corrected chi connectivity index (χ3v) is 4.25. The molecule has 0 radical (unpaired) electrons. The molecule has 0 amide bonds. The minimum absolute atomic E-state index is 0.700. The second-order valence-corrected chi connectivity index (χ2v) is 6.10. The van der Waals surface area contributed by atoms with Crippen molar-refractivity contribution in [3.8, 4) is 0 Å². The summed E-state index contributed by atoms with van der Waals surface area (Å²) < 4.78 is 5.88. The molecule has 0 fully saturated rings. The van der Waals surface area contributed by atoms with Crippen LogP contribution in [0.5, 0.6) is 0 Å². The van der Waals surface area contributed by atoms with E-state index < -0.39 is 0 Å². The van der Waals surface area contributed by atoms with E-state index in [9.17, 15) is 0 Å². The van der Waals surface area contributed by atoms with Crippen molar-refractivity contribution in [1.82, 2.24) is 0 Å². The first kappa shape index (κ1) is 17.0. The van der Waals surface area contributed by atoms with Gasteiger partial charge in [0.1, 0.15) is 0 Å². The maximum atomic E-state index is 5.88. The first-order valence-corrected chi connectivity index (χ1v) is 8.86. The number of ether oxygens (including phenoxy) is 1. The van der Waals surface area contributed by atoms with Gasteiger partial charge in [0.25, 0.3) is 0 Å². The van der Waals surface area contributed by atoms with Crippen LogP contribution >= 0.6 is 0 Å². The van der Waals surface area contributed by atoms with Crippen molar-refractivity contribution in [2.45, 2.75) is 19.3 Å². The minimum atomic E-state index is 0.700. The largest absolute Gasteiger partial charge is 0.501 e. The molecule has 3 aromatic carbocycles. The quantitative estimate of drug-likeness (QED) is 0.368. The molecule has 3 rings (SSSR count). The predicted octanol–water partition coefficient (Wildman–Crippen LogP) is 5.92. The number of allylic oxidation sites excluding steroid dienone is 1. The molecule has 3 aromatic rings. The van der Waals surface area contributed by atoms with Crippen LogP contribution in [0, 0.1) is 0 Å². The van der Waals surface area contributed by atoms with Gasteiger partial charge in [0.05, 0.1) is 12.9 Å². The second-order valence-electron chi connectivity index (χ2n) is 6.10. The van der Waals surface area contributed by atoms with E-state index in [0.29, 0.717) is 6.61 Å². The predicted molar refractivity (Wildman–Crippen MR) is 105 cm³/mol. The molecule has 1 heteroatoms. The molecule has 0 aliphatic rings. The van der Waals surface area contributed by atoms with E-state index in [0.717, 1.165) is 19.3 Å². The molecule has 0 atom stereocenters. The van der Waals surface area contributed by atoms with Crippen LogP contribution in [-0.2, 0) is 17.6 Å². The van der Waals surface area contributed by atoms with E-state index >= 15 is 0 Å². The van der Waals surface area contributed by atoms with Crippen molar-refractivity contribution in [2.24, 2.45) is 0 Å². The zero-order valence-electron chi connectivity index (χ0n) is 14.5. The Morgan fingerprint density at radius 2 is 1.16 bits per heavy atom. The van der Waals surface area contributed by atoms with Gasteiger partial charge in [-0.25, -0.2) is 0 Å². The molecule has 0 unspecified atom stereocenters. The molecule has 1 nitrogen and oxygen atoms in total. The fraction of sp³-hybridized carbons (Fsp3) is 0.167. The Kier molecular flexibility index (Phi) is 6.46. The van der Waals surface area contributed by atoms with Crippen molar-refractivity contribution in [3.05, 3.63) is 114 Å². The van der Waals surface area contributed by atoms with Gasteiger partial charge in [-0.15, -0.1) is 0 Å². The van der Waals surface area contributed by atoms with Gasteiger partial charge in [-0.2, -0.15) is 0 Å². The van der Waals surface area contributed by atoms with Gasteiger partial charge in [-0.3, -0.25) is 0 Å². The third-order valence-electron chi connectivity index (χ3n) is 4.25. The van der Waals surface area contributed by atoms with Crippen molar-refractivity contribution in [1.29, 1.82) is 0 Å². The molecular formula is C24H24O. The standard InChI is InChI=1S/C24H24O/c1-4-10-21(11-5-1)16-17-24(23-14-8-3-9-15-23)20-25-19-18-22-12-6-2-7-13-22/h1-15,20H,16-19H2/b24-20+. The minimum Gasteiger partial charge on any atom is -0.501 e. The molecule has 25 heavy (non-hydrogen) atoms. The number of benzene rings is 3. The number of rotatable bonds is 8. The monoisotopic (exact) mass is 328 g/mol. The van der Waals surface area contributed by atoms with Crippen LogP contribution in [0.15, 0.2) is 97.3 Å². The van der Waals surface area contributed by atoms with E-state index in [2.05, 4.69) is 84.9 Å². The molecule has 0 saturated heterocycles. The first-order valence-electron chi connectivity index (χ1n) is 8.86. The van der Waals surface area contributed by atoms with Crippen molar-refractivity contribution >= 4 is 5.57 Å². The molecule has 0 saturated carbocycles. The highest BCUT2D eigenvalue weighted by molar-refractivity contribution is 5.64. The Balaban J connectivity index is 1.61. The van der Waals surface area contributed by atoms with Gasteiger partial charge in [0.15, 0.2) is 0 Å². The van der Waals surface area contributed by atoms with E-state index in [1.165, 1.54) is 22.3 Å². The summed E-state index contributed by atoms with van der Waals surface area (Å²) in [6.45, 7) is 0.700. The lowest BCUT2D eigenvalue weighted by Gasteiger charge is -2.09. The smallest absolute Gasteiger partial charge is 0.0913 e. The average molecular weight is 328 g/mol. The van der Waals surface area contributed by atoms with Crippen LogP contribution in [0.2, 0.25) is 0 Å². The number of hydrogen-bond acceptors (Lipinski definition) is 1. The van der Waals surface area contributed by atoms with Crippen molar-refractivity contribution < 1.29 is 4.74 Å². The van der Waals surface area contributed by atoms with Gasteiger partial charge in [-0.1, -0.05) is 91.0 Å². The summed E-state index contributed by atoms with van der Waals surface area (Å²) in [5.74, 6) is 0. The lowest BCUT2D eigenvalue weighted by atomic mass is 9.99. The molecule has 0 heterocycles. The zero-order chi connectivity index (χ0) is 17.2. The molecule has 0 aliphatic carbocycles. The highest BCUT2D eigenvalue weighted by Gasteiger charge is 2.03. The second kappa shape index (κ2) is 9.48. The Morgan fingerprint density at radius 1 is 0.640 bits per heavy atom. The van der Waals surface area contributed by atoms with Gasteiger partial charge in [-0.05, 0) is 35.1 Å². The van der Waals surface area contributed by atoms with Gasteiger partial charge < -0.3 is 4.74 Å². The molecular weight excluding hydrogens is 304 g/mol. The lowest BCUT2D eigenvalue weighted by molar-refractivity contribution is 0.254. The van der Waals surface area contributed by atoms with Crippen LogP contribution in [0.3, 0.4) is 0 Å². The fourth-order valence-corrected chi connectivity index (χ4v) is 2.83. The first-order chi connectivity index (χ1) is 12.4. The Morgan fingerprint density at radius 3 is 1.76 bits per heavy atom. The molecule has 0 aliphatic heterocycles. The van der Waals surface area contributed by atoms with Crippen LogP contribution in [0.1, 0.15) is 23.1 Å². The summed E-state index contributed by atoms with van der Waals surface area (Å²) in [6.07, 6.45) is 4.86. The summed E-state index contributed by atoms with van der Waals surface area (Å²) in [6, 6.07) is 31.6. The molecule has 0 spiro atoms. The van der Waals surface area contributed by atoms with Crippen molar-refractivity contribution in [2.75, 3.05) is 6.61 Å². The highest BCUT2D eigenvalue weighted by Crippen LogP contribution is 2.20. The SMILES string of the molecule is C(/OCCc1ccccc1)=C(/CCc1ccccc1)c1ccccc1. The summed E-state index contributed by atoms with van der Waals surface area (Å²) in [7, 11) is 0.